The predicted octanol–water partition coefficient (Wildman–Crippen LogP) is 2.81. The van der Waals surface area contributed by atoms with E-state index in [1.54, 1.807) is 18.5 Å². The summed E-state index contributed by atoms with van der Waals surface area (Å²) in [4.78, 5) is 4.88. The number of nitrogens with zero attached hydrogens (tertiary/aromatic N) is 4. The standard InChI is InChI=1S/C20H31N5O2S/c1-15-19(16(2)25(21-15)20(3,4)5)28(26,27)22-17-7-9-18(10-8-17)24-13-11-23(6)12-14-24/h7-10,22H,11-14H2,1-6H3. The highest BCUT2D eigenvalue weighted by Gasteiger charge is 2.28. The molecule has 1 aliphatic rings. The SMILES string of the molecule is Cc1nn(C(C)(C)C)c(C)c1S(=O)(=O)Nc1ccc(N2CCN(C)CC2)cc1. The van der Waals surface area contributed by atoms with E-state index in [1.165, 1.54) is 0 Å². The molecule has 2 heterocycles. The Morgan fingerprint density at radius 2 is 1.57 bits per heavy atom. The molecule has 1 aromatic heterocycles. The zero-order valence-electron chi connectivity index (χ0n) is 17.7. The van der Waals surface area contributed by atoms with Gasteiger partial charge in [-0.3, -0.25) is 9.40 Å². The summed E-state index contributed by atoms with van der Waals surface area (Å²) < 4.78 is 30.5. The van der Waals surface area contributed by atoms with Crippen molar-refractivity contribution < 1.29 is 8.42 Å². The van der Waals surface area contributed by atoms with Crippen molar-refractivity contribution in [3.63, 3.8) is 0 Å². The van der Waals surface area contributed by atoms with Gasteiger partial charge in [0, 0.05) is 37.6 Å². The summed E-state index contributed by atoms with van der Waals surface area (Å²) in [5, 5.41) is 4.46. The van der Waals surface area contributed by atoms with Crippen LogP contribution in [-0.2, 0) is 15.6 Å². The van der Waals surface area contributed by atoms with E-state index in [0.29, 0.717) is 17.1 Å². The maximum atomic E-state index is 13.0. The van der Waals surface area contributed by atoms with Crippen molar-refractivity contribution in [3.8, 4) is 0 Å². The molecule has 0 spiro atoms. The van der Waals surface area contributed by atoms with Gasteiger partial charge in [0.1, 0.15) is 4.90 Å². The topological polar surface area (TPSA) is 70.5 Å². The van der Waals surface area contributed by atoms with E-state index in [2.05, 4.69) is 26.7 Å². The molecule has 2 aromatic rings. The van der Waals surface area contributed by atoms with Gasteiger partial charge in [-0.15, -0.1) is 0 Å². The molecular formula is C20H31N5O2S. The maximum absolute atomic E-state index is 13.0. The van der Waals surface area contributed by atoms with Crippen molar-refractivity contribution in [2.24, 2.45) is 0 Å². The number of hydrogen-bond acceptors (Lipinski definition) is 5. The van der Waals surface area contributed by atoms with Crippen LogP contribution in [0.25, 0.3) is 0 Å². The molecule has 0 unspecified atom stereocenters. The molecule has 3 rings (SSSR count). The highest BCUT2D eigenvalue weighted by molar-refractivity contribution is 7.92. The van der Waals surface area contributed by atoms with Gasteiger partial charge in [-0.25, -0.2) is 8.42 Å². The number of likely N-dealkylation sites (N-methyl/N-ethyl adjacent to an activating group) is 1. The van der Waals surface area contributed by atoms with Gasteiger partial charge >= 0.3 is 0 Å². The Bertz CT molecular complexity index is 934. The van der Waals surface area contributed by atoms with Gasteiger partial charge in [0.05, 0.1) is 16.9 Å². The summed E-state index contributed by atoms with van der Waals surface area (Å²) in [6.45, 7) is 13.6. The molecule has 0 saturated carbocycles. The van der Waals surface area contributed by atoms with Crippen LogP contribution in [0.15, 0.2) is 29.2 Å². The van der Waals surface area contributed by atoms with Crippen LogP contribution in [0.2, 0.25) is 0 Å². The number of aromatic nitrogens is 2. The first-order valence-corrected chi connectivity index (χ1v) is 11.1. The number of benzene rings is 1. The van der Waals surface area contributed by atoms with E-state index in [-0.39, 0.29) is 10.4 Å². The Balaban J connectivity index is 1.81. The van der Waals surface area contributed by atoms with Gasteiger partial charge in [0.15, 0.2) is 0 Å². The lowest BCUT2D eigenvalue weighted by Gasteiger charge is -2.34. The van der Waals surface area contributed by atoms with Crippen LogP contribution in [0.1, 0.15) is 32.2 Å². The summed E-state index contributed by atoms with van der Waals surface area (Å²) in [6.07, 6.45) is 0. The number of anilines is 2. The van der Waals surface area contributed by atoms with E-state index in [4.69, 9.17) is 0 Å². The fourth-order valence-electron chi connectivity index (χ4n) is 3.68. The van der Waals surface area contributed by atoms with E-state index >= 15 is 0 Å². The van der Waals surface area contributed by atoms with Gasteiger partial charge in [-0.2, -0.15) is 5.10 Å². The second-order valence-corrected chi connectivity index (χ2v) is 10.1. The largest absolute Gasteiger partial charge is 0.369 e. The fourth-order valence-corrected chi connectivity index (χ4v) is 5.14. The van der Waals surface area contributed by atoms with Gasteiger partial charge in [-0.05, 0) is 65.9 Å². The molecule has 28 heavy (non-hydrogen) atoms. The van der Waals surface area contributed by atoms with Crippen LogP contribution < -0.4 is 9.62 Å². The minimum Gasteiger partial charge on any atom is -0.369 e. The molecular weight excluding hydrogens is 374 g/mol. The molecule has 1 N–H and O–H groups in total. The minimum atomic E-state index is -3.71. The number of nitrogens with one attached hydrogen (secondary N) is 1. The summed E-state index contributed by atoms with van der Waals surface area (Å²) in [5.74, 6) is 0. The lowest BCUT2D eigenvalue weighted by molar-refractivity contribution is 0.313. The Morgan fingerprint density at radius 3 is 2.07 bits per heavy atom. The Kier molecular flexibility index (Phi) is 5.46. The summed E-state index contributed by atoms with van der Waals surface area (Å²) in [5.41, 5.74) is 2.54. The van der Waals surface area contributed by atoms with Crippen LogP contribution in [-0.4, -0.2) is 56.3 Å². The first-order valence-electron chi connectivity index (χ1n) is 9.62. The van der Waals surface area contributed by atoms with Crippen LogP contribution >= 0.6 is 0 Å². The van der Waals surface area contributed by atoms with Gasteiger partial charge in [0.25, 0.3) is 10.0 Å². The molecule has 1 fully saturated rings. The maximum Gasteiger partial charge on any atom is 0.265 e. The molecule has 1 aliphatic heterocycles. The first-order chi connectivity index (χ1) is 13.0. The van der Waals surface area contributed by atoms with Crippen molar-refractivity contribution in [1.82, 2.24) is 14.7 Å². The van der Waals surface area contributed by atoms with Crippen molar-refractivity contribution in [2.45, 2.75) is 45.1 Å². The van der Waals surface area contributed by atoms with Crippen LogP contribution in [0.4, 0.5) is 11.4 Å². The molecule has 8 heteroatoms. The van der Waals surface area contributed by atoms with Crippen LogP contribution in [0, 0.1) is 13.8 Å². The number of piperazine rings is 1. The third-order valence-electron chi connectivity index (χ3n) is 5.12. The third-order valence-corrected chi connectivity index (χ3v) is 6.75. The van der Waals surface area contributed by atoms with Gasteiger partial charge < -0.3 is 9.80 Å². The second-order valence-electron chi connectivity index (χ2n) is 8.53. The fraction of sp³-hybridized carbons (Fsp3) is 0.550. The molecule has 1 saturated heterocycles. The number of hydrogen-bond donors (Lipinski definition) is 1. The summed E-state index contributed by atoms with van der Waals surface area (Å²) in [7, 11) is -1.59. The molecule has 0 atom stereocenters. The second kappa shape index (κ2) is 7.40. The molecule has 154 valence electrons. The van der Waals surface area contributed by atoms with Crippen molar-refractivity contribution in [1.29, 1.82) is 0 Å². The molecule has 1 aromatic carbocycles. The summed E-state index contributed by atoms with van der Waals surface area (Å²) in [6, 6.07) is 7.59. The quantitative estimate of drug-likeness (QED) is 0.847. The van der Waals surface area contributed by atoms with E-state index in [9.17, 15) is 8.42 Å². The van der Waals surface area contributed by atoms with Gasteiger partial charge in [0.2, 0.25) is 0 Å². The first kappa shape index (κ1) is 20.7. The van der Waals surface area contributed by atoms with Crippen molar-refractivity contribution in [2.75, 3.05) is 42.8 Å². The predicted molar refractivity (Wildman–Crippen MR) is 114 cm³/mol. The zero-order chi connectivity index (χ0) is 20.7. The minimum absolute atomic E-state index is 0.255. The Hall–Kier alpha value is -2.06. The monoisotopic (exact) mass is 405 g/mol. The number of aryl methyl sites for hydroxylation is 1. The zero-order valence-corrected chi connectivity index (χ0v) is 18.5. The van der Waals surface area contributed by atoms with Crippen molar-refractivity contribution >= 4 is 21.4 Å². The molecule has 0 bridgehead atoms. The van der Waals surface area contributed by atoms with Crippen LogP contribution in [0.3, 0.4) is 0 Å². The molecule has 0 radical (unpaired) electrons. The number of sulfonamides is 1. The third kappa shape index (κ3) is 4.17. The molecule has 0 amide bonds. The van der Waals surface area contributed by atoms with Gasteiger partial charge in [-0.1, -0.05) is 0 Å². The lowest BCUT2D eigenvalue weighted by Crippen LogP contribution is -2.44. The smallest absolute Gasteiger partial charge is 0.265 e. The molecule has 7 nitrogen and oxygen atoms in total. The average Bonchev–Trinajstić information content (AvgIpc) is 2.91. The highest BCUT2D eigenvalue weighted by Crippen LogP contribution is 2.27. The molecule has 0 aliphatic carbocycles. The average molecular weight is 406 g/mol. The highest BCUT2D eigenvalue weighted by atomic mass is 32.2. The Morgan fingerprint density at radius 1 is 1.00 bits per heavy atom. The lowest BCUT2D eigenvalue weighted by atomic mass is 10.1. The van der Waals surface area contributed by atoms with E-state index in [0.717, 1.165) is 31.9 Å². The van der Waals surface area contributed by atoms with E-state index < -0.39 is 10.0 Å². The van der Waals surface area contributed by atoms with Crippen molar-refractivity contribution in [3.05, 3.63) is 35.7 Å². The number of rotatable bonds is 4. The normalized spacial score (nSPS) is 16.4. The Labute approximate surface area is 168 Å². The van der Waals surface area contributed by atoms with Crippen LogP contribution in [0.5, 0.6) is 0 Å². The summed E-state index contributed by atoms with van der Waals surface area (Å²) >= 11 is 0. The van der Waals surface area contributed by atoms with E-state index in [1.807, 2.05) is 45.0 Å².